The number of aromatic nitrogens is 1. The van der Waals surface area contributed by atoms with Crippen LogP contribution >= 0.6 is 11.6 Å². The van der Waals surface area contributed by atoms with E-state index in [0.717, 1.165) is 23.3 Å². The molecule has 5 heteroatoms. The molecule has 0 spiro atoms. The van der Waals surface area contributed by atoms with E-state index < -0.39 is 11.7 Å². The minimum absolute atomic E-state index is 0.429. The second-order valence-corrected chi connectivity index (χ2v) is 5.89. The molecule has 2 aromatic carbocycles. The van der Waals surface area contributed by atoms with E-state index in [9.17, 15) is 13.2 Å². The first-order valence-electron chi connectivity index (χ1n) is 7.28. The molecule has 0 radical (unpaired) electrons. The van der Waals surface area contributed by atoms with Gasteiger partial charge in [-0.1, -0.05) is 54.1 Å². The predicted molar refractivity (Wildman–Crippen MR) is 88.5 cm³/mol. The van der Waals surface area contributed by atoms with Crippen molar-refractivity contribution in [3.63, 3.8) is 0 Å². The molecule has 0 aliphatic heterocycles. The molecule has 0 saturated heterocycles. The first kappa shape index (κ1) is 16.5. The van der Waals surface area contributed by atoms with Gasteiger partial charge in [-0.2, -0.15) is 13.2 Å². The van der Waals surface area contributed by atoms with Gasteiger partial charge in [0.2, 0.25) is 0 Å². The quantitative estimate of drug-likeness (QED) is 0.537. The van der Waals surface area contributed by atoms with Gasteiger partial charge in [-0.05, 0) is 23.3 Å². The van der Waals surface area contributed by atoms with Gasteiger partial charge in [0.25, 0.3) is 0 Å². The summed E-state index contributed by atoms with van der Waals surface area (Å²) in [4.78, 5) is 0. The number of nitrogens with zero attached hydrogens (tertiary/aromatic N) is 1. The summed E-state index contributed by atoms with van der Waals surface area (Å²) in [7, 11) is 1.82. The monoisotopic (exact) mass is 348 g/mol. The van der Waals surface area contributed by atoms with Crippen LogP contribution in [0.4, 0.5) is 13.2 Å². The smallest absolute Gasteiger partial charge is 0.207 e. The van der Waals surface area contributed by atoms with Crippen LogP contribution in [0.2, 0.25) is 5.02 Å². The van der Waals surface area contributed by atoms with Crippen molar-refractivity contribution in [1.29, 1.82) is 0 Å². The third kappa shape index (κ3) is 3.29. The maximum Gasteiger partial charge on any atom is 0.416 e. The van der Waals surface area contributed by atoms with Crippen LogP contribution in [-0.4, -0.2) is 0 Å². The van der Waals surface area contributed by atoms with Crippen LogP contribution in [-0.2, 0) is 13.2 Å². The normalized spacial score (nSPS) is 11.5. The van der Waals surface area contributed by atoms with Crippen molar-refractivity contribution in [2.45, 2.75) is 6.18 Å². The van der Waals surface area contributed by atoms with E-state index in [2.05, 4.69) is 0 Å². The minimum atomic E-state index is -4.39. The Labute approximate surface area is 143 Å². The molecule has 0 fully saturated rings. The summed E-state index contributed by atoms with van der Waals surface area (Å²) in [6, 6.07) is 14.7. The van der Waals surface area contributed by atoms with E-state index in [1.807, 2.05) is 43.6 Å². The van der Waals surface area contributed by atoms with Crippen molar-refractivity contribution >= 4 is 11.6 Å². The number of hydrogen-bond acceptors (Lipinski definition) is 0. The second kappa shape index (κ2) is 6.29. The van der Waals surface area contributed by atoms with Gasteiger partial charge in [0, 0.05) is 0 Å². The van der Waals surface area contributed by atoms with E-state index in [0.29, 0.717) is 16.1 Å². The molecule has 0 aliphatic rings. The molecule has 0 amide bonds. The van der Waals surface area contributed by atoms with Crippen molar-refractivity contribution in [3.8, 4) is 22.3 Å². The molecule has 0 saturated carbocycles. The molecular weight excluding hydrogens is 335 g/mol. The molecule has 0 unspecified atom stereocenters. The van der Waals surface area contributed by atoms with Crippen LogP contribution in [0.3, 0.4) is 0 Å². The van der Waals surface area contributed by atoms with E-state index >= 15 is 0 Å². The Morgan fingerprint density at radius 1 is 0.833 bits per heavy atom. The maximum absolute atomic E-state index is 13.0. The zero-order valence-electron chi connectivity index (χ0n) is 12.8. The van der Waals surface area contributed by atoms with Crippen LogP contribution in [0.5, 0.6) is 0 Å². The fraction of sp³-hybridized carbons (Fsp3) is 0.105. The maximum atomic E-state index is 13.0. The lowest BCUT2D eigenvalue weighted by molar-refractivity contribution is -0.670. The highest BCUT2D eigenvalue weighted by atomic mass is 35.5. The lowest BCUT2D eigenvalue weighted by Gasteiger charge is -2.11. The Morgan fingerprint density at radius 2 is 1.42 bits per heavy atom. The molecule has 1 aromatic heterocycles. The summed E-state index contributed by atoms with van der Waals surface area (Å²) in [5, 5.41) is 0.429. The molecule has 3 aromatic rings. The van der Waals surface area contributed by atoms with Crippen LogP contribution in [0.1, 0.15) is 5.56 Å². The van der Waals surface area contributed by atoms with E-state index in [4.69, 9.17) is 11.6 Å². The van der Waals surface area contributed by atoms with Crippen LogP contribution in [0.15, 0.2) is 67.0 Å². The fourth-order valence-corrected chi connectivity index (χ4v) is 2.90. The summed E-state index contributed by atoms with van der Waals surface area (Å²) in [6.07, 6.45) is -0.805. The van der Waals surface area contributed by atoms with E-state index in [1.54, 1.807) is 16.8 Å². The molecule has 0 N–H and O–H groups in total. The molecular formula is C19H14ClF3N+. The van der Waals surface area contributed by atoms with Crippen LogP contribution in [0, 0.1) is 0 Å². The summed E-state index contributed by atoms with van der Waals surface area (Å²) in [6.45, 7) is 0. The standard InChI is InChI=1S/C19H14ClF3N/c1-24-11-16(13-6-3-2-4-7-13)18(20)17(12-24)14-8-5-9-15(10-14)19(21,22)23/h2-12H,1H3/q+1. The highest BCUT2D eigenvalue weighted by molar-refractivity contribution is 6.35. The largest absolute Gasteiger partial charge is 0.416 e. The van der Waals surface area contributed by atoms with Crippen molar-refractivity contribution in [2.75, 3.05) is 0 Å². The molecule has 122 valence electrons. The lowest BCUT2D eigenvalue weighted by atomic mass is 10.00. The second-order valence-electron chi connectivity index (χ2n) is 5.51. The summed E-state index contributed by atoms with van der Waals surface area (Å²) >= 11 is 6.52. The SMILES string of the molecule is C[n+]1cc(-c2ccccc2)c(Cl)c(-c2cccc(C(F)(F)F)c2)c1. The third-order valence-electron chi connectivity index (χ3n) is 3.72. The minimum Gasteiger partial charge on any atom is -0.207 e. The lowest BCUT2D eigenvalue weighted by Crippen LogP contribution is -2.27. The van der Waals surface area contributed by atoms with E-state index in [1.165, 1.54) is 6.07 Å². The van der Waals surface area contributed by atoms with Crippen LogP contribution < -0.4 is 4.57 Å². The first-order valence-corrected chi connectivity index (χ1v) is 7.66. The molecule has 24 heavy (non-hydrogen) atoms. The van der Waals surface area contributed by atoms with E-state index in [-0.39, 0.29) is 0 Å². The highest BCUT2D eigenvalue weighted by Crippen LogP contribution is 2.37. The summed E-state index contributed by atoms with van der Waals surface area (Å²) in [5.74, 6) is 0. The average Bonchev–Trinajstić information content (AvgIpc) is 2.57. The molecule has 1 nitrogen and oxygen atoms in total. The zero-order chi connectivity index (χ0) is 17.3. The van der Waals surface area contributed by atoms with Crippen molar-refractivity contribution in [1.82, 2.24) is 0 Å². The first-order chi connectivity index (χ1) is 11.4. The zero-order valence-corrected chi connectivity index (χ0v) is 13.6. The summed E-state index contributed by atoms with van der Waals surface area (Å²) < 4.78 is 40.7. The number of pyridine rings is 1. The Morgan fingerprint density at radius 3 is 2.04 bits per heavy atom. The number of alkyl halides is 3. The van der Waals surface area contributed by atoms with Crippen molar-refractivity contribution in [3.05, 3.63) is 77.6 Å². The van der Waals surface area contributed by atoms with Gasteiger partial charge < -0.3 is 0 Å². The Hall–Kier alpha value is -2.33. The highest BCUT2D eigenvalue weighted by Gasteiger charge is 2.31. The molecule has 0 bridgehead atoms. The van der Waals surface area contributed by atoms with Crippen LogP contribution in [0.25, 0.3) is 22.3 Å². The molecule has 1 heterocycles. The topological polar surface area (TPSA) is 3.88 Å². The summed E-state index contributed by atoms with van der Waals surface area (Å²) in [5.41, 5.74) is 1.99. The predicted octanol–water partition coefficient (Wildman–Crippen LogP) is 5.52. The number of aryl methyl sites for hydroxylation is 1. The van der Waals surface area contributed by atoms with Gasteiger partial charge in [-0.3, -0.25) is 0 Å². The number of rotatable bonds is 2. The molecule has 3 rings (SSSR count). The van der Waals surface area contributed by atoms with Gasteiger partial charge in [-0.15, -0.1) is 0 Å². The Bertz CT molecular complexity index is 874. The Kier molecular flexibility index (Phi) is 4.33. The fourth-order valence-electron chi connectivity index (χ4n) is 2.59. The van der Waals surface area contributed by atoms with Gasteiger partial charge in [0.15, 0.2) is 12.4 Å². The Balaban J connectivity index is 2.18. The van der Waals surface area contributed by atoms with Crippen molar-refractivity contribution < 1.29 is 17.7 Å². The third-order valence-corrected chi connectivity index (χ3v) is 4.13. The average molecular weight is 349 g/mol. The van der Waals surface area contributed by atoms with Gasteiger partial charge >= 0.3 is 6.18 Å². The van der Waals surface area contributed by atoms with Crippen molar-refractivity contribution in [2.24, 2.45) is 7.05 Å². The molecule has 0 aliphatic carbocycles. The number of halogens is 4. The van der Waals surface area contributed by atoms with Gasteiger partial charge in [0.05, 0.1) is 21.7 Å². The number of hydrogen-bond donors (Lipinski definition) is 0. The molecule has 0 atom stereocenters. The number of benzene rings is 2. The van der Waals surface area contributed by atoms with Gasteiger partial charge in [-0.25, -0.2) is 4.57 Å². The van der Waals surface area contributed by atoms with Gasteiger partial charge in [0.1, 0.15) is 7.05 Å².